The minimum Gasteiger partial charge on any atom is -0.305 e. The number of hydrogen-bond donors (Lipinski definition) is 0. The molecule has 0 N–H and O–H groups in total. The van der Waals surface area contributed by atoms with Gasteiger partial charge in [0.25, 0.3) is 0 Å². The van der Waals surface area contributed by atoms with Crippen LogP contribution in [0, 0.1) is 0 Å². The van der Waals surface area contributed by atoms with Gasteiger partial charge in [0.1, 0.15) is 11.5 Å². The van der Waals surface area contributed by atoms with E-state index in [1.54, 1.807) is 0 Å². The minimum absolute atomic E-state index is 0.569. The fourth-order valence-corrected chi connectivity index (χ4v) is 6.82. The zero-order chi connectivity index (χ0) is 63.6. The SMILES string of the molecule is [2H]c1nc2c(c([2H])c1[2H])c1nc([2H])c([2H])c([2H])c1n2-c1c(-c2nc(-c3c([2H])c([2H])c([2H])c([2H])c3[2H])nc(-n3c4c([2H])c([2H])c([2H])c([2H])c4c4c([2H])c([2H])c([2H])c([2H])c43)c2[2H])c([2H])c([2H])c([2H])c1-n1c2c([2H])c([2H])c([2H])nc2c2c([2H])c([2H])c([2H])c([2H])c21. The summed E-state index contributed by atoms with van der Waals surface area (Å²) in [6.07, 6.45) is -2.80. The summed E-state index contributed by atoms with van der Waals surface area (Å²) >= 11 is 0. The summed E-state index contributed by atoms with van der Waals surface area (Å²) in [7, 11) is 0. The van der Waals surface area contributed by atoms with E-state index in [0.29, 0.717) is 9.13 Å². The Kier molecular flexibility index (Phi) is 3.01. The number of rotatable bonds is 5. The molecule has 0 aliphatic heterocycles. The van der Waals surface area contributed by atoms with E-state index in [4.69, 9.17) is 26.0 Å². The normalized spacial score (nSPS) is 19.2. The average Bonchev–Trinajstić information content (AvgIpc) is 1.59. The molecule has 0 saturated heterocycles. The predicted molar refractivity (Wildman–Crippen MR) is 229 cm³/mol. The molecule has 266 valence electrons. The van der Waals surface area contributed by atoms with E-state index < -0.39 is 287 Å². The van der Waals surface area contributed by atoms with E-state index in [1.165, 1.54) is 0 Å². The van der Waals surface area contributed by atoms with Gasteiger partial charge in [-0.1, -0.05) is 96.7 Å². The van der Waals surface area contributed by atoms with Crippen LogP contribution >= 0.6 is 0 Å². The molecule has 0 amide bonds. The van der Waals surface area contributed by atoms with Crippen LogP contribution < -0.4 is 0 Å². The summed E-state index contributed by atoms with van der Waals surface area (Å²) in [6.45, 7) is 0. The van der Waals surface area contributed by atoms with E-state index in [0.717, 1.165) is 4.57 Å². The van der Waals surface area contributed by atoms with Crippen LogP contribution in [0.4, 0.5) is 0 Å². The lowest BCUT2D eigenvalue weighted by atomic mass is 10.1. The van der Waals surface area contributed by atoms with Crippen LogP contribution in [0.5, 0.6) is 0 Å². The highest BCUT2D eigenvalue weighted by Crippen LogP contribution is 2.42. The van der Waals surface area contributed by atoms with Gasteiger partial charge in [-0.15, -0.1) is 0 Å². The lowest BCUT2D eigenvalue weighted by molar-refractivity contribution is 1.04. The molecule has 8 nitrogen and oxygen atoms in total. The first-order valence-electron chi connectivity index (χ1n) is 31.5. The van der Waals surface area contributed by atoms with Crippen LogP contribution in [0.2, 0.25) is 0 Å². The summed E-state index contributed by atoms with van der Waals surface area (Å²) in [5, 5.41) is -2.31. The Balaban J connectivity index is 1.45. The number of aromatic nitrogens is 8. The third-order valence-corrected chi connectivity index (χ3v) is 9.05. The molecule has 0 atom stereocenters. The molecule has 0 saturated carbocycles. The molecule has 12 rings (SSSR count). The Bertz CT molecular complexity index is 5200. The van der Waals surface area contributed by atoms with Gasteiger partial charge >= 0.3 is 0 Å². The summed E-state index contributed by atoms with van der Waals surface area (Å²) in [6, 6.07) is -26.6. The van der Waals surface area contributed by atoms with Gasteiger partial charge < -0.3 is 4.57 Å². The topological polar surface area (TPSA) is 79.2 Å². The molecular formula is C49H30N8. The van der Waals surface area contributed by atoms with Crippen molar-refractivity contribution in [2.75, 3.05) is 0 Å². The molecule has 57 heavy (non-hydrogen) atoms. The molecule has 0 unspecified atom stereocenters. The van der Waals surface area contributed by atoms with Gasteiger partial charge in [0.2, 0.25) is 0 Å². The second kappa shape index (κ2) is 12.3. The lowest BCUT2D eigenvalue weighted by Gasteiger charge is -2.20. The largest absolute Gasteiger partial charge is 0.305 e. The third-order valence-electron chi connectivity index (χ3n) is 9.05. The van der Waals surface area contributed by atoms with Crippen molar-refractivity contribution in [3.05, 3.63) is 182 Å². The van der Waals surface area contributed by atoms with Gasteiger partial charge in [-0.25, -0.2) is 15.0 Å². The highest BCUT2D eigenvalue weighted by molar-refractivity contribution is 6.11. The number of para-hydroxylation sites is 4. The van der Waals surface area contributed by atoms with Crippen molar-refractivity contribution < 1.29 is 41.1 Å². The molecule has 0 aliphatic rings. The third kappa shape index (κ3) is 4.64. The maximum absolute atomic E-state index is 10.4. The molecule has 0 radical (unpaired) electrons. The maximum atomic E-state index is 10.4. The zero-order valence-corrected chi connectivity index (χ0v) is 28.1. The van der Waals surface area contributed by atoms with Crippen molar-refractivity contribution in [1.29, 1.82) is 0 Å². The van der Waals surface area contributed by atoms with Crippen LogP contribution in [0.15, 0.2) is 182 Å². The van der Waals surface area contributed by atoms with Gasteiger partial charge in [0, 0.05) is 57.2 Å². The molecule has 8 heteroatoms. The van der Waals surface area contributed by atoms with E-state index in [9.17, 15) is 15.1 Å². The average molecular weight is 761 g/mol. The quantitative estimate of drug-likeness (QED) is 0.174. The molecule has 0 spiro atoms. The number of hydrogen-bond acceptors (Lipinski definition) is 5. The summed E-state index contributed by atoms with van der Waals surface area (Å²) in [4.78, 5) is 21.7. The van der Waals surface area contributed by atoms with E-state index in [-0.39, 0.29) is 0 Å². The van der Waals surface area contributed by atoms with E-state index in [1.807, 2.05) is 0 Å². The molecule has 0 fully saturated rings. The monoisotopic (exact) mass is 760 g/mol. The fourth-order valence-electron chi connectivity index (χ4n) is 6.82. The highest BCUT2D eigenvalue weighted by Gasteiger charge is 2.25. The predicted octanol–water partition coefficient (Wildman–Crippen LogP) is 11.3. The smallest absolute Gasteiger partial charge is 0.162 e. The van der Waals surface area contributed by atoms with Crippen molar-refractivity contribution in [3.63, 3.8) is 0 Å². The number of nitrogens with zero attached hydrogens (tertiary/aromatic N) is 8. The Morgan fingerprint density at radius 3 is 1.72 bits per heavy atom. The Morgan fingerprint density at radius 1 is 0.421 bits per heavy atom. The van der Waals surface area contributed by atoms with Crippen LogP contribution in [-0.4, -0.2) is 38.6 Å². The maximum Gasteiger partial charge on any atom is 0.162 e. The van der Waals surface area contributed by atoms with Gasteiger partial charge in [-0.2, -0.15) is 0 Å². The fraction of sp³-hybridized carbons (Fsp3) is 0. The van der Waals surface area contributed by atoms with Crippen LogP contribution in [0.1, 0.15) is 41.1 Å². The van der Waals surface area contributed by atoms with Crippen LogP contribution in [0.3, 0.4) is 0 Å². The second-order valence-electron chi connectivity index (χ2n) is 12.0. The van der Waals surface area contributed by atoms with Gasteiger partial charge in [-0.05, 0) is 60.4 Å². The summed E-state index contributed by atoms with van der Waals surface area (Å²) in [5.41, 5.74) is -10.5. The van der Waals surface area contributed by atoms with Gasteiger partial charge in [-0.3, -0.25) is 19.1 Å². The van der Waals surface area contributed by atoms with Gasteiger partial charge in [0.15, 0.2) is 5.82 Å². The molecular weight excluding hydrogens is 701 g/mol. The van der Waals surface area contributed by atoms with Crippen LogP contribution in [0.25, 0.3) is 106 Å². The van der Waals surface area contributed by atoms with Crippen molar-refractivity contribution >= 4 is 65.8 Å². The summed E-state index contributed by atoms with van der Waals surface area (Å²) in [5.74, 6) is -2.05. The van der Waals surface area contributed by atoms with E-state index >= 15 is 0 Å². The first-order valence-corrected chi connectivity index (χ1v) is 16.5. The van der Waals surface area contributed by atoms with Crippen molar-refractivity contribution in [3.8, 4) is 39.8 Å². The number of pyridine rings is 3. The minimum atomic E-state index is -1.22. The van der Waals surface area contributed by atoms with Gasteiger partial charge in [0.05, 0.1) is 96.8 Å². The number of benzene rings is 5. The van der Waals surface area contributed by atoms with E-state index in [2.05, 4.69) is 24.9 Å². The Labute approximate surface area is 367 Å². The molecule has 5 aromatic carbocycles. The molecule has 7 heterocycles. The highest BCUT2D eigenvalue weighted by atomic mass is 15.1. The molecule has 0 bridgehead atoms. The first-order chi connectivity index (χ1) is 40.7. The Hall–Kier alpha value is -7.97. The zero-order valence-electron chi connectivity index (χ0n) is 58.1. The molecule has 12 aromatic rings. The standard InChI is InChI=1S/C49H30N8/c1-2-14-31(15-3-1)48-53-37(30-44(54-48)56-38-21-7-4-16-32(38)33-17-5-8-22-39(33)56)34-19-10-24-43(55-40-23-9-6-18-35(40)45-41(55)25-12-27-50-45)47(34)57-42-26-13-28-51-46(42)36-20-11-29-52-49(36)57/h1-30H/i1D,2D,3D,4D,5D,6D,7D,8D,9D,10D,11D,12D,13D,14D,15D,16D,17D,18D,19D,20D,21D,22D,23D,24D,25D,26D,27D,28D,29D,30D. The van der Waals surface area contributed by atoms with Crippen molar-refractivity contribution in [2.24, 2.45) is 0 Å². The lowest BCUT2D eigenvalue weighted by Crippen LogP contribution is -2.08. The Morgan fingerprint density at radius 2 is 0.982 bits per heavy atom. The molecule has 0 aliphatic carbocycles. The molecule has 7 aromatic heterocycles. The second-order valence-corrected chi connectivity index (χ2v) is 12.0. The van der Waals surface area contributed by atoms with Crippen molar-refractivity contribution in [1.82, 2.24) is 38.6 Å². The number of fused-ring (bicyclic) bond motifs is 9. The van der Waals surface area contributed by atoms with Crippen molar-refractivity contribution in [2.45, 2.75) is 0 Å². The van der Waals surface area contributed by atoms with Crippen LogP contribution in [-0.2, 0) is 0 Å². The first kappa shape index (κ1) is 14.0. The summed E-state index contributed by atoms with van der Waals surface area (Å²) < 4.78 is 275.